The number of halogens is 4. The Bertz CT molecular complexity index is 620. The van der Waals surface area contributed by atoms with Crippen molar-refractivity contribution in [3.05, 3.63) is 58.6 Å². The molecule has 0 atom stereocenters. The predicted octanol–water partition coefficient (Wildman–Crippen LogP) is 4.84. The van der Waals surface area contributed by atoms with Crippen LogP contribution in [0.4, 0.5) is 13.2 Å². The summed E-state index contributed by atoms with van der Waals surface area (Å²) in [5.74, 6) is 0. The van der Waals surface area contributed by atoms with Crippen molar-refractivity contribution in [3.8, 4) is 11.1 Å². The summed E-state index contributed by atoms with van der Waals surface area (Å²) in [5, 5.41) is 0.276. The molecule has 0 N–H and O–H groups in total. The zero-order valence-electron chi connectivity index (χ0n) is 9.54. The molecule has 0 saturated carbocycles. The zero-order chi connectivity index (χ0) is 14.0. The summed E-state index contributed by atoms with van der Waals surface area (Å²) in [7, 11) is 0. The summed E-state index contributed by atoms with van der Waals surface area (Å²) in [6.07, 6.45) is -3.97. The van der Waals surface area contributed by atoms with Gasteiger partial charge >= 0.3 is 6.18 Å². The van der Waals surface area contributed by atoms with Crippen LogP contribution in [0.2, 0.25) is 5.02 Å². The van der Waals surface area contributed by atoms with Crippen LogP contribution < -0.4 is 0 Å². The van der Waals surface area contributed by atoms with E-state index in [1.807, 2.05) is 0 Å². The van der Waals surface area contributed by atoms with E-state index in [0.717, 1.165) is 6.07 Å². The van der Waals surface area contributed by atoms with Gasteiger partial charge in [-0.05, 0) is 35.4 Å². The number of carbonyl (C=O) groups excluding carboxylic acids is 1. The quantitative estimate of drug-likeness (QED) is 0.721. The second kappa shape index (κ2) is 5.05. The largest absolute Gasteiger partial charge is 0.417 e. The van der Waals surface area contributed by atoms with Crippen molar-refractivity contribution in [2.75, 3.05) is 0 Å². The number of rotatable bonds is 2. The van der Waals surface area contributed by atoms with Crippen LogP contribution in [0, 0.1) is 0 Å². The molecule has 0 aliphatic rings. The Hall–Kier alpha value is -1.81. The maximum atomic E-state index is 12.9. The fourth-order valence-electron chi connectivity index (χ4n) is 1.83. The van der Waals surface area contributed by atoms with Crippen LogP contribution in [-0.2, 0) is 6.18 Å². The van der Waals surface area contributed by atoms with E-state index >= 15 is 0 Å². The summed E-state index contributed by atoms with van der Waals surface area (Å²) in [6, 6.07) is 9.31. The molecule has 2 aromatic rings. The number of aldehydes is 1. The highest BCUT2D eigenvalue weighted by Crippen LogP contribution is 2.38. The maximum absolute atomic E-state index is 12.9. The highest BCUT2D eigenvalue weighted by atomic mass is 35.5. The molecular formula is C14H8ClF3O. The topological polar surface area (TPSA) is 17.1 Å². The van der Waals surface area contributed by atoms with Crippen LogP contribution in [-0.4, -0.2) is 6.29 Å². The molecule has 0 unspecified atom stereocenters. The van der Waals surface area contributed by atoms with E-state index in [4.69, 9.17) is 11.6 Å². The lowest BCUT2D eigenvalue weighted by Crippen LogP contribution is -2.07. The Morgan fingerprint density at radius 3 is 2.32 bits per heavy atom. The van der Waals surface area contributed by atoms with E-state index in [1.165, 1.54) is 36.4 Å². The fourth-order valence-corrected chi connectivity index (χ4v) is 2.00. The third-order valence-electron chi connectivity index (χ3n) is 2.66. The van der Waals surface area contributed by atoms with Crippen molar-refractivity contribution in [1.29, 1.82) is 0 Å². The lowest BCUT2D eigenvalue weighted by Gasteiger charge is -2.14. The van der Waals surface area contributed by atoms with Crippen molar-refractivity contribution in [1.82, 2.24) is 0 Å². The summed E-state index contributed by atoms with van der Waals surface area (Å²) < 4.78 is 38.8. The van der Waals surface area contributed by atoms with Gasteiger partial charge in [-0.25, -0.2) is 0 Å². The van der Waals surface area contributed by atoms with Crippen LogP contribution in [0.5, 0.6) is 0 Å². The Morgan fingerprint density at radius 1 is 1.00 bits per heavy atom. The molecule has 0 saturated heterocycles. The third kappa shape index (κ3) is 2.79. The number of carbonyl (C=O) groups is 1. The summed E-state index contributed by atoms with van der Waals surface area (Å²) in [6.45, 7) is 0. The second-order valence-corrected chi connectivity index (χ2v) is 4.33. The summed E-state index contributed by atoms with van der Waals surface area (Å²) >= 11 is 5.79. The van der Waals surface area contributed by atoms with Crippen LogP contribution >= 0.6 is 11.6 Å². The van der Waals surface area contributed by atoms with Crippen molar-refractivity contribution < 1.29 is 18.0 Å². The van der Waals surface area contributed by atoms with E-state index in [1.54, 1.807) is 0 Å². The van der Waals surface area contributed by atoms with Crippen LogP contribution in [0.25, 0.3) is 11.1 Å². The Kier molecular flexibility index (Phi) is 3.62. The SMILES string of the molecule is O=Cc1ccc(Cl)cc1-c1ccccc1C(F)(F)F. The van der Waals surface area contributed by atoms with Gasteiger partial charge in [-0.15, -0.1) is 0 Å². The molecule has 0 amide bonds. The monoisotopic (exact) mass is 284 g/mol. The van der Waals surface area contributed by atoms with E-state index in [0.29, 0.717) is 6.29 Å². The summed E-state index contributed by atoms with van der Waals surface area (Å²) in [4.78, 5) is 10.9. The van der Waals surface area contributed by atoms with E-state index in [9.17, 15) is 18.0 Å². The van der Waals surface area contributed by atoms with Gasteiger partial charge in [0.15, 0.2) is 6.29 Å². The molecule has 0 aromatic heterocycles. The average molecular weight is 285 g/mol. The van der Waals surface area contributed by atoms with Crippen LogP contribution in [0.3, 0.4) is 0 Å². The maximum Gasteiger partial charge on any atom is 0.417 e. The molecule has 0 radical (unpaired) electrons. The highest BCUT2D eigenvalue weighted by Gasteiger charge is 2.33. The molecule has 98 valence electrons. The first-order valence-corrected chi connectivity index (χ1v) is 5.72. The molecule has 19 heavy (non-hydrogen) atoms. The van der Waals surface area contributed by atoms with Gasteiger partial charge in [0.05, 0.1) is 5.56 Å². The second-order valence-electron chi connectivity index (χ2n) is 3.89. The molecular weight excluding hydrogens is 277 g/mol. The average Bonchev–Trinajstić information content (AvgIpc) is 2.37. The van der Waals surface area contributed by atoms with Gasteiger partial charge in [0, 0.05) is 10.6 Å². The Balaban J connectivity index is 2.72. The molecule has 2 aromatic carbocycles. The minimum Gasteiger partial charge on any atom is -0.298 e. The smallest absolute Gasteiger partial charge is 0.298 e. The van der Waals surface area contributed by atoms with Gasteiger partial charge in [-0.2, -0.15) is 13.2 Å². The fraction of sp³-hybridized carbons (Fsp3) is 0.0714. The first-order chi connectivity index (χ1) is 8.93. The van der Waals surface area contributed by atoms with Gasteiger partial charge in [-0.3, -0.25) is 4.79 Å². The molecule has 0 fully saturated rings. The van der Waals surface area contributed by atoms with Crippen molar-refractivity contribution >= 4 is 17.9 Å². The number of benzene rings is 2. The Labute approximate surface area is 112 Å². The molecule has 0 heterocycles. The minimum absolute atomic E-state index is 0.0559. The van der Waals surface area contributed by atoms with Crippen molar-refractivity contribution in [2.24, 2.45) is 0 Å². The molecule has 0 bridgehead atoms. The van der Waals surface area contributed by atoms with Crippen molar-refractivity contribution in [3.63, 3.8) is 0 Å². The lowest BCUT2D eigenvalue weighted by molar-refractivity contribution is -0.137. The van der Waals surface area contributed by atoms with Gasteiger partial charge in [-0.1, -0.05) is 29.8 Å². The summed E-state index contributed by atoms with van der Waals surface area (Å²) in [5.41, 5.74) is -0.503. The molecule has 1 nitrogen and oxygen atoms in total. The normalized spacial score (nSPS) is 11.4. The van der Waals surface area contributed by atoms with Crippen LogP contribution in [0.15, 0.2) is 42.5 Å². The van der Waals surface area contributed by atoms with Crippen molar-refractivity contribution in [2.45, 2.75) is 6.18 Å². The number of alkyl halides is 3. The van der Waals surface area contributed by atoms with Crippen LogP contribution in [0.1, 0.15) is 15.9 Å². The zero-order valence-corrected chi connectivity index (χ0v) is 10.3. The van der Waals surface area contributed by atoms with Gasteiger partial charge in [0.25, 0.3) is 0 Å². The third-order valence-corrected chi connectivity index (χ3v) is 2.90. The standard InChI is InChI=1S/C14H8ClF3O/c15-10-6-5-9(8-19)12(7-10)11-3-1-2-4-13(11)14(16,17)18/h1-8H. The van der Waals surface area contributed by atoms with E-state index in [-0.39, 0.29) is 21.7 Å². The number of hydrogen-bond donors (Lipinski definition) is 0. The first kappa shape index (κ1) is 13.6. The highest BCUT2D eigenvalue weighted by molar-refractivity contribution is 6.31. The minimum atomic E-state index is -4.49. The molecule has 5 heteroatoms. The molecule has 0 spiro atoms. The molecule has 2 rings (SSSR count). The lowest BCUT2D eigenvalue weighted by atomic mass is 9.95. The van der Waals surface area contributed by atoms with E-state index < -0.39 is 11.7 Å². The molecule has 0 aliphatic carbocycles. The molecule has 0 aliphatic heterocycles. The van der Waals surface area contributed by atoms with Gasteiger partial charge < -0.3 is 0 Å². The predicted molar refractivity (Wildman–Crippen MR) is 67.3 cm³/mol. The first-order valence-electron chi connectivity index (χ1n) is 5.35. The number of hydrogen-bond acceptors (Lipinski definition) is 1. The van der Waals surface area contributed by atoms with Gasteiger partial charge in [0.2, 0.25) is 0 Å². The van der Waals surface area contributed by atoms with Gasteiger partial charge in [0.1, 0.15) is 0 Å². The van der Waals surface area contributed by atoms with E-state index in [2.05, 4.69) is 0 Å². The Morgan fingerprint density at radius 2 is 1.68 bits per heavy atom.